The van der Waals surface area contributed by atoms with Gasteiger partial charge in [-0.1, -0.05) is 13.5 Å². The van der Waals surface area contributed by atoms with Crippen molar-refractivity contribution in [2.45, 2.75) is 32.7 Å². The normalized spacial score (nSPS) is 16.4. The Morgan fingerprint density at radius 3 is 2.63 bits per heavy atom. The van der Waals surface area contributed by atoms with E-state index in [0.29, 0.717) is 44.0 Å². The van der Waals surface area contributed by atoms with Gasteiger partial charge >= 0.3 is 5.97 Å². The standard InChI is InChI=1S/C20H26N2O5/c1-4-11-26-18(23)12-17-19(24)21-9-10-22(17)20(25)15-5-7-16(8-6-15)27-13-14(2)3/h5-8,17H,2,4,9-13H2,1,3H3,(H,21,24). The summed E-state index contributed by atoms with van der Waals surface area (Å²) >= 11 is 0. The van der Waals surface area contributed by atoms with Crippen LogP contribution in [0.2, 0.25) is 0 Å². The third-order valence-electron chi connectivity index (χ3n) is 4.01. The average molecular weight is 374 g/mol. The highest BCUT2D eigenvalue weighted by atomic mass is 16.5. The first-order valence-electron chi connectivity index (χ1n) is 9.04. The predicted molar refractivity (Wildman–Crippen MR) is 100 cm³/mol. The summed E-state index contributed by atoms with van der Waals surface area (Å²) in [6, 6.07) is 5.83. The van der Waals surface area contributed by atoms with Crippen LogP contribution >= 0.6 is 0 Å². The summed E-state index contributed by atoms with van der Waals surface area (Å²) in [7, 11) is 0. The first-order chi connectivity index (χ1) is 12.9. The molecule has 7 heteroatoms. The van der Waals surface area contributed by atoms with E-state index in [2.05, 4.69) is 11.9 Å². The zero-order valence-electron chi connectivity index (χ0n) is 15.8. The van der Waals surface area contributed by atoms with E-state index in [0.717, 1.165) is 5.57 Å². The van der Waals surface area contributed by atoms with Crippen LogP contribution in [0, 0.1) is 0 Å². The van der Waals surface area contributed by atoms with Crippen LogP contribution in [-0.2, 0) is 14.3 Å². The highest BCUT2D eigenvalue weighted by Crippen LogP contribution is 2.18. The van der Waals surface area contributed by atoms with Gasteiger partial charge in [0, 0.05) is 18.7 Å². The molecule has 0 bridgehead atoms. The number of benzene rings is 1. The first kappa shape index (κ1) is 20.5. The summed E-state index contributed by atoms with van der Waals surface area (Å²) in [4.78, 5) is 38.4. The maximum atomic E-state index is 12.9. The quantitative estimate of drug-likeness (QED) is 0.555. The Balaban J connectivity index is 2.08. The fourth-order valence-electron chi connectivity index (χ4n) is 2.66. The number of hydrogen-bond acceptors (Lipinski definition) is 5. The molecule has 1 aliphatic rings. The van der Waals surface area contributed by atoms with Gasteiger partial charge in [-0.25, -0.2) is 0 Å². The molecule has 146 valence electrons. The summed E-state index contributed by atoms with van der Waals surface area (Å²) in [5, 5.41) is 2.70. The Hall–Kier alpha value is -2.83. The molecule has 1 aromatic carbocycles. The molecule has 7 nitrogen and oxygen atoms in total. The zero-order valence-corrected chi connectivity index (χ0v) is 15.8. The van der Waals surface area contributed by atoms with Gasteiger partial charge in [0.05, 0.1) is 13.0 Å². The predicted octanol–water partition coefficient (Wildman–Crippen LogP) is 1.93. The maximum absolute atomic E-state index is 12.9. The molecule has 2 rings (SSSR count). The minimum absolute atomic E-state index is 0.155. The number of esters is 1. The Kier molecular flexibility index (Phi) is 7.40. The van der Waals surface area contributed by atoms with E-state index in [1.807, 2.05) is 13.8 Å². The van der Waals surface area contributed by atoms with Crippen LogP contribution in [0.3, 0.4) is 0 Å². The smallest absolute Gasteiger partial charge is 0.308 e. The zero-order chi connectivity index (χ0) is 19.8. The average Bonchev–Trinajstić information content (AvgIpc) is 2.66. The van der Waals surface area contributed by atoms with Crippen molar-refractivity contribution in [1.29, 1.82) is 0 Å². The number of hydrogen-bond donors (Lipinski definition) is 1. The summed E-state index contributed by atoms with van der Waals surface area (Å²) in [6.07, 6.45) is 0.544. The summed E-state index contributed by atoms with van der Waals surface area (Å²) in [5.74, 6) is -0.500. The van der Waals surface area contributed by atoms with E-state index in [-0.39, 0.29) is 18.2 Å². The topological polar surface area (TPSA) is 84.9 Å². The van der Waals surface area contributed by atoms with Crippen molar-refractivity contribution >= 4 is 17.8 Å². The maximum Gasteiger partial charge on any atom is 0.308 e. The number of rotatable bonds is 8. The van der Waals surface area contributed by atoms with Crippen LogP contribution < -0.4 is 10.1 Å². The van der Waals surface area contributed by atoms with Gasteiger partial charge in [0.2, 0.25) is 5.91 Å². The van der Waals surface area contributed by atoms with E-state index in [1.165, 1.54) is 4.90 Å². The molecule has 2 amide bonds. The lowest BCUT2D eigenvalue weighted by Gasteiger charge is -2.34. The van der Waals surface area contributed by atoms with Crippen molar-refractivity contribution in [2.75, 3.05) is 26.3 Å². The molecule has 1 aromatic rings. The van der Waals surface area contributed by atoms with E-state index in [4.69, 9.17) is 9.47 Å². The number of nitrogens with one attached hydrogen (secondary N) is 1. The van der Waals surface area contributed by atoms with Crippen molar-refractivity contribution in [3.8, 4) is 5.75 Å². The largest absolute Gasteiger partial charge is 0.489 e. The van der Waals surface area contributed by atoms with Crippen molar-refractivity contribution in [2.24, 2.45) is 0 Å². The van der Waals surface area contributed by atoms with Gasteiger partial charge < -0.3 is 19.7 Å². The van der Waals surface area contributed by atoms with Gasteiger partial charge in [0.1, 0.15) is 18.4 Å². The monoisotopic (exact) mass is 374 g/mol. The Bertz CT molecular complexity index is 699. The molecular weight excluding hydrogens is 348 g/mol. The second kappa shape index (κ2) is 9.75. The minimum Gasteiger partial charge on any atom is -0.489 e. The molecule has 0 saturated carbocycles. The molecule has 0 aliphatic carbocycles. The second-order valence-electron chi connectivity index (χ2n) is 6.50. The number of carbonyl (C=O) groups excluding carboxylic acids is 3. The van der Waals surface area contributed by atoms with Crippen LogP contribution in [0.1, 0.15) is 37.0 Å². The van der Waals surface area contributed by atoms with Crippen molar-refractivity contribution < 1.29 is 23.9 Å². The van der Waals surface area contributed by atoms with Gasteiger partial charge in [0.15, 0.2) is 0 Å². The number of amides is 2. The fourth-order valence-corrected chi connectivity index (χ4v) is 2.66. The van der Waals surface area contributed by atoms with Crippen molar-refractivity contribution in [3.05, 3.63) is 42.0 Å². The summed E-state index contributed by atoms with van der Waals surface area (Å²) < 4.78 is 10.6. The summed E-state index contributed by atoms with van der Waals surface area (Å²) in [6.45, 7) is 8.92. The lowest BCUT2D eigenvalue weighted by molar-refractivity contribution is -0.147. The molecule has 0 spiro atoms. The SMILES string of the molecule is C=C(C)COc1ccc(C(=O)N2CCNC(=O)C2CC(=O)OCCC)cc1. The molecule has 1 aliphatic heterocycles. The molecule has 1 fully saturated rings. The lowest BCUT2D eigenvalue weighted by Crippen LogP contribution is -2.57. The van der Waals surface area contributed by atoms with Gasteiger partial charge in [-0.05, 0) is 43.2 Å². The van der Waals surface area contributed by atoms with Crippen LogP contribution in [0.25, 0.3) is 0 Å². The third kappa shape index (κ3) is 5.84. The fraction of sp³-hybridized carbons (Fsp3) is 0.450. The number of carbonyl (C=O) groups is 3. The molecule has 1 N–H and O–H groups in total. The highest BCUT2D eigenvalue weighted by Gasteiger charge is 2.35. The van der Waals surface area contributed by atoms with Gasteiger partial charge in [0.25, 0.3) is 5.91 Å². The molecule has 0 aromatic heterocycles. The summed E-state index contributed by atoms with van der Waals surface area (Å²) in [5.41, 5.74) is 1.33. The van der Waals surface area contributed by atoms with Gasteiger partial charge in [-0.3, -0.25) is 14.4 Å². The van der Waals surface area contributed by atoms with Crippen LogP contribution in [0.4, 0.5) is 0 Å². The molecule has 1 saturated heterocycles. The number of piperazine rings is 1. The van der Waals surface area contributed by atoms with Crippen LogP contribution in [0.5, 0.6) is 5.75 Å². The van der Waals surface area contributed by atoms with Crippen molar-refractivity contribution in [1.82, 2.24) is 10.2 Å². The number of ether oxygens (including phenoxy) is 2. The Labute approximate surface area is 159 Å². The van der Waals surface area contributed by atoms with E-state index >= 15 is 0 Å². The Morgan fingerprint density at radius 2 is 2.00 bits per heavy atom. The van der Waals surface area contributed by atoms with Gasteiger partial charge in [-0.15, -0.1) is 0 Å². The lowest BCUT2D eigenvalue weighted by atomic mass is 10.1. The second-order valence-corrected chi connectivity index (χ2v) is 6.50. The third-order valence-corrected chi connectivity index (χ3v) is 4.01. The molecule has 0 radical (unpaired) electrons. The van der Waals surface area contributed by atoms with E-state index in [1.54, 1.807) is 24.3 Å². The van der Waals surface area contributed by atoms with Gasteiger partial charge in [-0.2, -0.15) is 0 Å². The molecule has 1 unspecified atom stereocenters. The first-order valence-corrected chi connectivity index (χ1v) is 9.04. The molecule has 1 heterocycles. The molecule has 27 heavy (non-hydrogen) atoms. The number of nitrogens with zero attached hydrogens (tertiary/aromatic N) is 1. The molecule has 1 atom stereocenters. The minimum atomic E-state index is -0.866. The Morgan fingerprint density at radius 1 is 1.30 bits per heavy atom. The van der Waals surface area contributed by atoms with Crippen LogP contribution in [0.15, 0.2) is 36.4 Å². The van der Waals surface area contributed by atoms with Crippen LogP contribution in [-0.4, -0.2) is 55.0 Å². The molecular formula is C20H26N2O5. The van der Waals surface area contributed by atoms with E-state index < -0.39 is 12.0 Å². The highest BCUT2D eigenvalue weighted by molar-refractivity contribution is 5.99. The van der Waals surface area contributed by atoms with Crippen molar-refractivity contribution in [3.63, 3.8) is 0 Å². The van der Waals surface area contributed by atoms with E-state index in [9.17, 15) is 14.4 Å².